The second-order valence-corrected chi connectivity index (χ2v) is 4.97. The largest absolute Gasteiger partial charge is 0.396 e. The number of fused-ring (bicyclic) bond motifs is 1. The predicted octanol–water partition coefficient (Wildman–Crippen LogP) is 2.45. The average molecular weight is 212 g/mol. The second kappa shape index (κ2) is 2.78. The molecule has 0 aliphatic rings. The molecule has 0 saturated carbocycles. The molecule has 0 aliphatic heterocycles. The fourth-order valence-corrected chi connectivity index (χ4v) is 3.25. The third kappa shape index (κ3) is 1.24. The minimum absolute atomic E-state index is 0.0188. The van der Waals surface area contributed by atoms with Crippen molar-refractivity contribution in [1.29, 1.82) is 0 Å². The molecule has 0 spiro atoms. The molecule has 0 unspecified atom stereocenters. The van der Waals surface area contributed by atoms with Crippen LogP contribution in [0.3, 0.4) is 0 Å². The van der Waals surface area contributed by atoms with E-state index in [1.54, 1.807) is 0 Å². The number of hydrogen-bond acceptors (Lipinski definition) is 5. The van der Waals surface area contributed by atoms with E-state index in [0.29, 0.717) is 10.6 Å². The minimum atomic E-state index is 0.0188. The highest BCUT2D eigenvalue weighted by Gasteiger charge is 2.15. The van der Waals surface area contributed by atoms with Gasteiger partial charge in [0.15, 0.2) is 5.78 Å². The zero-order valence-corrected chi connectivity index (χ0v) is 8.88. The highest BCUT2D eigenvalue weighted by Crippen LogP contribution is 2.37. The number of anilines is 1. The highest BCUT2D eigenvalue weighted by atomic mass is 32.1. The minimum Gasteiger partial charge on any atom is -0.396 e. The van der Waals surface area contributed by atoms with Crippen molar-refractivity contribution in [1.82, 2.24) is 4.98 Å². The summed E-state index contributed by atoms with van der Waals surface area (Å²) in [5.74, 6) is 0.0188. The van der Waals surface area contributed by atoms with E-state index in [2.05, 4.69) is 4.98 Å². The number of thiophene rings is 1. The first-order valence-electron chi connectivity index (χ1n) is 3.76. The Kier molecular flexibility index (Phi) is 1.85. The molecule has 2 aromatic heterocycles. The molecule has 0 aromatic carbocycles. The predicted molar refractivity (Wildman–Crippen MR) is 56.7 cm³/mol. The average Bonchev–Trinajstić information content (AvgIpc) is 2.51. The van der Waals surface area contributed by atoms with E-state index in [-0.39, 0.29) is 5.78 Å². The molecular formula is C8H8N2OS2. The van der Waals surface area contributed by atoms with Crippen molar-refractivity contribution < 1.29 is 4.79 Å². The second-order valence-electron chi connectivity index (χ2n) is 2.77. The Morgan fingerprint density at radius 2 is 2.15 bits per heavy atom. The number of carbonyl (C=O) groups excluding carboxylic acids is 1. The molecule has 0 fully saturated rings. The maximum atomic E-state index is 11.1. The van der Waals surface area contributed by atoms with Crippen molar-refractivity contribution in [2.45, 2.75) is 13.8 Å². The first-order chi connectivity index (χ1) is 6.09. The monoisotopic (exact) mass is 212 g/mol. The standard InChI is InChI=1S/C8H8N2OS2/c1-3(11)6-5(9)7-8(13-6)10-4(2)12-7/h9H2,1-2H3. The van der Waals surface area contributed by atoms with Gasteiger partial charge in [-0.25, -0.2) is 4.98 Å². The molecule has 13 heavy (non-hydrogen) atoms. The van der Waals surface area contributed by atoms with Crippen LogP contribution in [0.1, 0.15) is 21.6 Å². The van der Waals surface area contributed by atoms with Crippen molar-refractivity contribution in [2.75, 3.05) is 5.73 Å². The summed E-state index contributed by atoms with van der Waals surface area (Å²) >= 11 is 2.92. The molecule has 0 aliphatic carbocycles. The number of nitrogen functional groups attached to an aromatic ring is 1. The molecular weight excluding hydrogens is 204 g/mol. The number of rotatable bonds is 1. The maximum Gasteiger partial charge on any atom is 0.171 e. The summed E-state index contributed by atoms with van der Waals surface area (Å²) in [4.78, 5) is 16.9. The van der Waals surface area contributed by atoms with Crippen molar-refractivity contribution in [3.05, 3.63) is 9.88 Å². The number of aromatic nitrogens is 1. The van der Waals surface area contributed by atoms with Gasteiger partial charge in [-0.15, -0.1) is 22.7 Å². The lowest BCUT2D eigenvalue weighted by atomic mass is 10.3. The Morgan fingerprint density at radius 3 is 2.69 bits per heavy atom. The van der Waals surface area contributed by atoms with Gasteiger partial charge in [0.2, 0.25) is 0 Å². The van der Waals surface area contributed by atoms with Crippen LogP contribution < -0.4 is 5.73 Å². The molecule has 5 heteroatoms. The van der Waals surface area contributed by atoms with Gasteiger partial charge in [0.1, 0.15) is 4.83 Å². The summed E-state index contributed by atoms with van der Waals surface area (Å²) in [7, 11) is 0. The van der Waals surface area contributed by atoms with E-state index in [4.69, 9.17) is 5.73 Å². The quantitative estimate of drug-likeness (QED) is 0.739. The zero-order valence-electron chi connectivity index (χ0n) is 7.25. The van der Waals surface area contributed by atoms with Crippen LogP contribution in [0, 0.1) is 6.92 Å². The first kappa shape index (κ1) is 8.65. The van der Waals surface area contributed by atoms with Crippen molar-refractivity contribution in [3.8, 4) is 0 Å². The normalized spacial score (nSPS) is 10.9. The first-order valence-corrected chi connectivity index (χ1v) is 5.39. The molecule has 0 bridgehead atoms. The summed E-state index contributed by atoms with van der Waals surface area (Å²) in [5, 5.41) is 0.989. The topological polar surface area (TPSA) is 56.0 Å². The Labute approximate surface area is 83.2 Å². The molecule has 2 heterocycles. The fourth-order valence-electron chi connectivity index (χ4n) is 1.16. The van der Waals surface area contributed by atoms with Crippen LogP contribution in [0.5, 0.6) is 0 Å². The van der Waals surface area contributed by atoms with Crippen molar-refractivity contribution in [2.24, 2.45) is 0 Å². The molecule has 0 radical (unpaired) electrons. The number of ketones is 1. The van der Waals surface area contributed by atoms with Gasteiger partial charge < -0.3 is 5.73 Å². The van der Waals surface area contributed by atoms with E-state index in [1.165, 1.54) is 29.6 Å². The Balaban J connectivity index is 2.76. The molecule has 68 valence electrons. The summed E-state index contributed by atoms with van der Waals surface area (Å²) in [5.41, 5.74) is 6.41. The fraction of sp³-hybridized carbons (Fsp3) is 0.250. The maximum absolute atomic E-state index is 11.1. The lowest BCUT2D eigenvalue weighted by Gasteiger charge is -1.90. The van der Waals surface area contributed by atoms with Gasteiger partial charge in [0, 0.05) is 6.92 Å². The van der Waals surface area contributed by atoms with Crippen LogP contribution in [0.15, 0.2) is 0 Å². The molecule has 2 aromatic rings. The number of aryl methyl sites for hydroxylation is 1. The van der Waals surface area contributed by atoms with Gasteiger partial charge in [-0.1, -0.05) is 0 Å². The zero-order chi connectivity index (χ0) is 9.59. The highest BCUT2D eigenvalue weighted by molar-refractivity contribution is 7.29. The lowest BCUT2D eigenvalue weighted by molar-refractivity contribution is 0.102. The number of nitrogens with zero attached hydrogens (tertiary/aromatic N) is 1. The van der Waals surface area contributed by atoms with Gasteiger partial charge in [0.25, 0.3) is 0 Å². The van der Waals surface area contributed by atoms with Gasteiger partial charge in [-0.2, -0.15) is 0 Å². The van der Waals surface area contributed by atoms with E-state index in [1.807, 2.05) is 6.92 Å². The van der Waals surface area contributed by atoms with E-state index < -0.39 is 0 Å². The van der Waals surface area contributed by atoms with Crippen LogP contribution in [0.25, 0.3) is 9.53 Å². The molecule has 3 nitrogen and oxygen atoms in total. The van der Waals surface area contributed by atoms with Crippen LogP contribution in [0.4, 0.5) is 5.69 Å². The number of Topliss-reactive ketones (excluding diaryl/α,β-unsaturated/α-hetero) is 1. The molecule has 0 atom stereocenters. The van der Waals surface area contributed by atoms with Crippen molar-refractivity contribution in [3.63, 3.8) is 0 Å². The molecule has 2 rings (SSSR count). The van der Waals surface area contributed by atoms with Crippen LogP contribution in [-0.2, 0) is 0 Å². The van der Waals surface area contributed by atoms with Crippen LogP contribution in [0.2, 0.25) is 0 Å². The molecule has 0 amide bonds. The summed E-state index contributed by atoms with van der Waals surface area (Å²) in [6.07, 6.45) is 0. The van der Waals surface area contributed by atoms with Crippen LogP contribution >= 0.6 is 22.7 Å². The Hall–Kier alpha value is -0.940. The summed E-state index contributed by atoms with van der Waals surface area (Å²) in [6, 6.07) is 0. The van der Waals surface area contributed by atoms with Gasteiger partial charge in [-0.3, -0.25) is 4.79 Å². The van der Waals surface area contributed by atoms with E-state index >= 15 is 0 Å². The Bertz CT molecular complexity index is 484. The lowest BCUT2D eigenvalue weighted by Crippen LogP contribution is -1.93. The smallest absolute Gasteiger partial charge is 0.171 e. The van der Waals surface area contributed by atoms with Crippen LogP contribution in [-0.4, -0.2) is 10.8 Å². The summed E-state index contributed by atoms with van der Waals surface area (Å²) < 4.78 is 0.952. The third-order valence-corrected chi connectivity index (χ3v) is 4.04. The van der Waals surface area contributed by atoms with Gasteiger partial charge in [-0.05, 0) is 6.92 Å². The molecule has 0 saturated heterocycles. The number of thiazole rings is 1. The summed E-state index contributed by atoms with van der Waals surface area (Å²) in [6.45, 7) is 3.46. The van der Waals surface area contributed by atoms with E-state index in [0.717, 1.165) is 14.5 Å². The van der Waals surface area contributed by atoms with E-state index in [9.17, 15) is 4.79 Å². The molecule has 2 N–H and O–H groups in total. The van der Waals surface area contributed by atoms with Crippen molar-refractivity contribution >= 4 is 43.7 Å². The number of nitrogens with two attached hydrogens (primary N) is 1. The number of carbonyl (C=O) groups is 1. The Morgan fingerprint density at radius 1 is 1.46 bits per heavy atom. The van der Waals surface area contributed by atoms with Gasteiger partial charge >= 0.3 is 0 Å². The van der Waals surface area contributed by atoms with Gasteiger partial charge in [0.05, 0.1) is 20.3 Å². The number of hydrogen-bond donors (Lipinski definition) is 1. The SMILES string of the molecule is CC(=O)c1sc2nc(C)sc2c1N. The third-order valence-electron chi connectivity index (χ3n) is 1.71.